The first-order valence-electron chi connectivity index (χ1n) is 12.3. The number of hydrogen-bond donors (Lipinski definition) is 1. The highest BCUT2D eigenvalue weighted by Crippen LogP contribution is 2.52. The van der Waals surface area contributed by atoms with Gasteiger partial charge in [0.25, 0.3) is 0 Å². The van der Waals surface area contributed by atoms with Gasteiger partial charge in [-0.25, -0.2) is 9.37 Å². The minimum absolute atomic E-state index is 0.139. The molecule has 2 saturated heterocycles. The summed E-state index contributed by atoms with van der Waals surface area (Å²) in [7, 11) is 0. The number of thioether (sulfide) groups is 1. The number of nitrogens with one attached hydrogen (secondary N) is 1. The Bertz CT molecular complexity index is 1290. The second-order valence-electron chi connectivity index (χ2n) is 10.3. The van der Waals surface area contributed by atoms with E-state index in [1.807, 2.05) is 31.4 Å². The molecule has 192 valence electrons. The number of aromatic nitrogens is 4. The minimum atomic E-state index is -0.825. The molecule has 4 atom stereocenters. The molecule has 0 spiro atoms. The fourth-order valence-electron chi connectivity index (χ4n) is 5.67. The molecule has 0 unspecified atom stereocenters. The van der Waals surface area contributed by atoms with Gasteiger partial charge in [0.2, 0.25) is 5.28 Å². The summed E-state index contributed by atoms with van der Waals surface area (Å²) in [6, 6.07) is 7.08. The topological polar surface area (TPSA) is 83.3 Å². The number of nitrogens with zero attached hydrogens (tertiary/aromatic N) is 4. The number of fused-ring (bicyclic) bond motifs is 2. The third-order valence-electron chi connectivity index (χ3n) is 7.16. The Morgan fingerprint density at radius 3 is 2.75 bits per heavy atom. The van der Waals surface area contributed by atoms with E-state index in [2.05, 4.69) is 20.3 Å². The molecule has 1 aliphatic carbocycles. The van der Waals surface area contributed by atoms with Crippen LogP contribution in [0.25, 0.3) is 11.2 Å². The average molecular weight is 534 g/mol. The maximum Gasteiger partial charge on any atom is 0.226 e. The molecule has 0 bridgehead atoms. The number of hydrogen-bond acceptors (Lipinski definition) is 8. The van der Waals surface area contributed by atoms with Crippen LogP contribution in [-0.2, 0) is 14.2 Å². The molecule has 4 heterocycles. The molecule has 8 nitrogen and oxygen atoms in total. The number of ether oxygens (including phenoxy) is 3. The minimum Gasteiger partial charge on any atom is -0.365 e. The number of benzene rings is 1. The van der Waals surface area contributed by atoms with Crippen molar-refractivity contribution in [1.29, 1.82) is 0 Å². The van der Waals surface area contributed by atoms with E-state index in [4.69, 9.17) is 25.8 Å². The predicted molar refractivity (Wildman–Crippen MR) is 136 cm³/mol. The smallest absolute Gasteiger partial charge is 0.226 e. The molecular weight excluding hydrogens is 505 g/mol. The van der Waals surface area contributed by atoms with Crippen LogP contribution in [0.3, 0.4) is 0 Å². The summed E-state index contributed by atoms with van der Waals surface area (Å²) in [6.45, 7) is 5.77. The lowest BCUT2D eigenvalue weighted by Crippen LogP contribution is -2.42. The quantitative estimate of drug-likeness (QED) is 0.325. The van der Waals surface area contributed by atoms with Crippen LogP contribution in [0.1, 0.15) is 52.7 Å². The molecule has 2 aromatic heterocycles. The summed E-state index contributed by atoms with van der Waals surface area (Å²) in [5, 5.41) is 3.64. The third-order valence-corrected chi connectivity index (χ3v) is 8.46. The van der Waals surface area contributed by atoms with Crippen molar-refractivity contribution in [2.45, 2.75) is 87.2 Å². The zero-order valence-corrected chi connectivity index (χ0v) is 22.0. The molecule has 2 aliphatic heterocycles. The third kappa shape index (κ3) is 4.26. The van der Waals surface area contributed by atoms with Crippen LogP contribution < -0.4 is 5.32 Å². The van der Waals surface area contributed by atoms with Crippen LogP contribution in [0, 0.1) is 5.82 Å². The first kappa shape index (κ1) is 24.4. The van der Waals surface area contributed by atoms with Crippen LogP contribution in [-0.4, -0.2) is 54.9 Å². The lowest BCUT2D eigenvalue weighted by atomic mass is 9.97. The molecule has 3 fully saturated rings. The normalized spacial score (nSPS) is 29.8. The number of anilines is 1. The Morgan fingerprint density at radius 2 is 1.97 bits per heavy atom. The van der Waals surface area contributed by atoms with Gasteiger partial charge in [-0.3, -0.25) is 4.57 Å². The van der Waals surface area contributed by atoms with Gasteiger partial charge in [-0.15, -0.1) is 11.8 Å². The van der Waals surface area contributed by atoms with E-state index in [-0.39, 0.29) is 23.3 Å². The van der Waals surface area contributed by atoms with E-state index in [0.29, 0.717) is 33.7 Å². The molecule has 0 amide bonds. The summed E-state index contributed by atoms with van der Waals surface area (Å²) in [4.78, 5) is 14.2. The SMILES string of the molecule is CC1(C)O[C@@H]2[C@@H](CSc3ccccc3F)O[C@@H](n3cnc4c(NC5CCCC5)nc(Cl)nc43)[C@]2(C)O1. The van der Waals surface area contributed by atoms with Crippen LogP contribution in [0.2, 0.25) is 5.28 Å². The van der Waals surface area contributed by atoms with E-state index < -0.39 is 17.6 Å². The van der Waals surface area contributed by atoms with Crippen LogP contribution in [0.15, 0.2) is 35.5 Å². The van der Waals surface area contributed by atoms with Gasteiger partial charge in [0.15, 0.2) is 29.0 Å². The van der Waals surface area contributed by atoms with Crippen LogP contribution >= 0.6 is 23.4 Å². The Balaban J connectivity index is 1.33. The maximum absolute atomic E-state index is 14.3. The van der Waals surface area contributed by atoms with Crippen molar-refractivity contribution in [3.63, 3.8) is 0 Å². The number of halogens is 2. The van der Waals surface area contributed by atoms with Crippen LogP contribution in [0.5, 0.6) is 0 Å². The van der Waals surface area contributed by atoms with Gasteiger partial charge in [0, 0.05) is 16.7 Å². The highest BCUT2D eigenvalue weighted by molar-refractivity contribution is 7.99. The summed E-state index contributed by atoms with van der Waals surface area (Å²) >= 11 is 7.76. The second-order valence-corrected chi connectivity index (χ2v) is 11.7. The van der Waals surface area contributed by atoms with Gasteiger partial charge in [-0.05, 0) is 57.3 Å². The Labute approximate surface area is 218 Å². The molecule has 11 heteroatoms. The maximum atomic E-state index is 14.3. The van der Waals surface area contributed by atoms with E-state index >= 15 is 0 Å². The predicted octanol–water partition coefficient (Wildman–Crippen LogP) is 5.57. The van der Waals surface area contributed by atoms with Gasteiger partial charge in [-0.1, -0.05) is 25.0 Å². The highest BCUT2D eigenvalue weighted by Gasteiger charge is 2.64. The highest BCUT2D eigenvalue weighted by atomic mass is 35.5. The largest absolute Gasteiger partial charge is 0.365 e. The molecule has 3 aromatic rings. The first-order chi connectivity index (χ1) is 17.2. The molecule has 6 rings (SSSR count). The molecule has 1 N–H and O–H groups in total. The molecular formula is C25H29ClFN5O3S. The van der Waals surface area contributed by atoms with Gasteiger partial charge >= 0.3 is 0 Å². The molecule has 36 heavy (non-hydrogen) atoms. The molecule has 1 saturated carbocycles. The summed E-state index contributed by atoms with van der Waals surface area (Å²) in [6.07, 6.45) is 4.98. The van der Waals surface area contributed by atoms with Gasteiger partial charge in [0.1, 0.15) is 17.5 Å². The lowest BCUT2D eigenvalue weighted by Gasteiger charge is -2.30. The first-order valence-corrected chi connectivity index (χ1v) is 13.7. The van der Waals surface area contributed by atoms with E-state index in [9.17, 15) is 4.39 Å². The van der Waals surface area contributed by atoms with Crippen LogP contribution in [0.4, 0.5) is 10.2 Å². The molecule has 1 aromatic carbocycles. The standard InChI is InChI=1S/C25H29ClFN5O3S/c1-24(2)34-19-16(12-36-17-11-7-6-10-15(17)27)33-22(25(19,3)35-24)32-13-28-18-20(29-14-8-4-5-9-14)30-23(26)31-21(18)32/h6-7,10-11,13-14,16,19,22H,4-5,8-9,12H2,1-3H3,(H,29,30,31)/t16-,19-,22-,25-/m1/s1. The summed E-state index contributed by atoms with van der Waals surface area (Å²) in [5.41, 5.74) is 0.377. The Hall–Kier alpha value is -1.98. The Morgan fingerprint density at radius 1 is 1.19 bits per heavy atom. The lowest BCUT2D eigenvalue weighted by molar-refractivity contribution is -0.212. The van der Waals surface area contributed by atoms with Crippen molar-refractivity contribution in [3.8, 4) is 0 Å². The van der Waals surface area contributed by atoms with Crippen molar-refractivity contribution < 1.29 is 18.6 Å². The van der Waals surface area contributed by atoms with Crippen molar-refractivity contribution in [3.05, 3.63) is 41.7 Å². The second kappa shape index (κ2) is 9.09. The van der Waals surface area contributed by atoms with Crippen molar-refractivity contribution in [2.75, 3.05) is 11.1 Å². The molecule has 0 radical (unpaired) electrons. The Kier molecular flexibility index (Phi) is 6.15. The zero-order valence-electron chi connectivity index (χ0n) is 20.4. The van der Waals surface area contributed by atoms with Crippen molar-refractivity contribution in [1.82, 2.24) is 19.5 Å². The fraction of sp³-hybridized carbons (Fsp3) is 0.560. The summed E-state index contributed by atoms with van der Waals surface area (Å²) in [5.74, 6) is 0.0676. The van der Waals surface area contributed by atoms with E-state index in [1.54, 1.807) is 18.5 Å². The van der Waals surface area contributed by atoms with Gasteiger partial charge in [0.05, 0.1) is 12.4 Å². The monoisotopic (exact) mass is 533 g/mol. The number of rotatable bonds is 6. The van der Waals surface area contributed by atoms with Gasteiger partial charge < -0.3 is 19.5 Å². The van der Waals surface area contributed by atoms with Crippen molar-refractivity contribution in [2.24, 2.45) is 0 Å². The number of imidazole rings is 1. The zero-order chi connectivity index (χ0) is 25.1. The molecule has 3 aliphatic rings. The van der Waals surface area contributed by atoms with Crippen molar-refractivity contribution >= 4 is 40.3 Å². The average Bonchev–Trinajstić information content (AvgIpc) is 3.57. The van der Waals surface area contributed by atoms with E-state index in [1.165, 1.54) is 30.7 Å². The summed E-state index contributed by atoms with van der Waals surface area (Å²) < 4.78 is 35.4. The fourth-order valence-corrected chi connectivity index (χ4v) is 6.81. The van der Waals surface area contributed by atoms with Gasteiger partial charge in [-0.2, -0.15) is 9.97 Å². The van der Waals surface area contributed by atoms with E-state index in [0.717, 1.165) is 12.8 Å².